The smallest absolute Gasteiger partial charge is 0.141 e. The maximum atomic E-state index is 7.49. The Morgan fingerprint density at radius 1 is 1.60 bits per heavy atom. The summed E-state index contributed by atoms with van der Waals surface area (Å²) >= 11 is 3.12. The first kappa shape index (κ1) is 3.48. The van der Waals surface area contributed by atoms with Gasteiger partial charge in [-0.05, 0) is 22.0 Å². The van der Waals surface area contributed by atoms with Crippen LogP contribution >= 0.6 is 15.9 Å². The van der Waals surface area contributed by atoms with Gasteiger partial charge in [-0.25, -0.2) is 9.97 Å². The highest BCUT2D eigenvalue weighted by molar-refractivity contribution is 9.10. The Balaban J connectivity index is 2.94. The Hall–Kier alpha value is -0.900. The van der Waals surface area contributed by atoms with Crippen LogP contribution in [0.2, 0.25) is 0 Å². The van der Waals surface area contributed by atoms with E-state index in [0.29, 0.717) is 15.6 Å². The number of hydrogen-bond acceptors (Lipinski definition) is 2. The zero-order chi connectivity index (χ0) is 9.59. The standard InChI is InChI=1S/C6H4BrN3/c7-5-4-1-2-8-6(4)10-3-9-5/h1-3H,(H,8,9,10)/i1D,2D,3D. The second kappa shape index (κ2) is 2.05. The molecule has 0 aromatic carbocycles. The number of rotatable bonds is 0. The van der Waals surface area contributed by atoms with Gasteiger partial charge in [-0.2, -0.15) is 0 Å². The highest BCUT2D eigenvalue weighted by atomic mass is 79.9. The zero-order valence-electron chi connectivity index (χ0n) is 7.77. The molecule has 2 heterocycles. The highest BCUT2D eigenvalue weighted by Crippen LogP contribution is 2.17. The minimum atomic E-state index is -0.138. The van der Waals surface area contributed by atoms with Crippen molar-refractivity contribution in [3.63, 3.8) is 0 Å². The van der Waals surface area contributed by atoms with Gasteiger partial charge in [0.05, 0.1) is 8.13 Å². The Bertz CT molecular complexity index is 481. The van der Waals surface area contributed by atoms with Crippen molar-refractivity contribution in [3.05, 3.63) is 23.1 Å². The summed E-state index contributed by atoms with van der Waals surface area (Å²) in [6.45, 7) is 0. The van der Waals surface area contributed by atoms with Gasteiger partial charge < -0.3 is 4.98 Å². The molecule has 0 fully saturated rings. The van der Waals surface area contributed by atoms with Gasteiger partial charge in [0.2, 0.25) is 0 Å². The molecule has 0 aliphatic rings. The third kappa shape index (κ3) is 0.724. The van der Waals surface area contributed by atoms with E-state index >= 15 is 0 Å². The lowest BCUT2D eigenvalue weighted by atomic mass is 10.4. The average Bonchev–Trinajstić information content (AvgIpc) is 2.27. The van der Waals surface area contributed by atoms with Crippen LogP contribution in [-0.2, 0) is 0 Å². The van der Waals surface area contributed by atoms with E-state index in [2.05, 4.69) is 30.9 Å². The summed E-state index contributed by atoms with van der Waals surface area (Å²) in [6.07, 6.45) is -0.156. The van der Waals surface area contributed by atoms with Gasteiger partial charge in [0, 0.05) is 6.17 Å². The molecule has 0 aliphatic carbocycles. The number of halogens is 1. The Morgan fingerprint density at radius 2 is 2.50 bits per heavy atom. The molecule has 0 atom stereocenters. The molecule has 0 saturated carbocycles. The van der Waals surface area contributed by atoms with Crippen LogP contribution in [0.3, 0.4) is 0 Å². The lowest BCUT2D eigenvalue weighted by Crippen LogP contribution is -1.79. The van der Waals surface area contributed by atoms with E-state index in [1.54, 1.807) is 0 Å². The highest BCUT2D eigenvalue weighted by Gasteiger charge is 1.98. The molecule has 0 radical (unpaired) electrons. The van der Waals surface area contributed by atoms with Crippen molar-refractivity contribution in [1.29, 1.82) is 0 Å². The molecule has 0 saturated heterocycles. The second-order valence-electron chi connectivity index (χ2n) is 1.71. The summed E-state index contributed by atoms with van der Waals surface area (Å²) in [5.41, 5.74) is 0.349. The molecule has 0 unspecified atom stereocenters. The number of H-pyrrole nitrogens is 1. The van der Waals surface area contributed by atoms with Gasteiger partial charge in [-0.15, -0.1) is 0 Å². The maximum Gasteiger partial charge on any atom is 0.141 e. The predicted octanol–water partition coefficient (Wildman–Crippen LogP) is 1.72. The molecule has 4 heteroatoms. The minimum absolute atomic E-state index is 0.0180. The molecule has 0 amide bonds. The number of aromatic nitrogens is 3. The molecule has 0 spiro atoms. The molecule has 1 N–H and O–H groups in total. The van der Waals surface area contributed by atoms with E-state index in [1.165, 1.54) is 0 Å². The van der Waals surface area contributed by atoms with Gasteiger partial charge in [0.25, 0.3) is 0 Å². The summed E-state index contributed by atoms with van der Waals surface area (Å²) in [7, 11) is 0. The minimum Gasteiger partial charge on any atom is -0.346 e. The summed E-state index contributed by atoms with van der Waals surface area (Å²) in [5.74, 6) is 0. The first-order chi connectivity index (χ1) is 6.09. The first-order valence-electron chi connectivity index (χ1n) is 4.08. The van der Waals surface area contributed by atoms with Crippen molar-refractivity contribution in [2.75, 3.05) is 0 Å². The SMILES string of the molecule is [2H]c1nc(Br)c2c([2H])c([2H])[nH]c2n1. The van der Waals surface area contributed by atoms with E-state index in [9.17, 15) is 0 Å². The maximum absolute atomic E-state index is 7.49. The van der Waals surface area contributed by atoms with Crippen LogP contribution in [-0.4, -0.2) is 15.0 Å². The number of aromatic amines is 1. The van der Waals surface area contributed by atoms with Crippen LogP contribution in [0.25, 0.3) is 11.0 Å². The average molecular weight is 201 g/mol. The molecule has 2 aromatic heterocycles. The fourth-order valence-electron chi connectivity index (χ4n) is 0.683. The normalized spacial score (nSPS) is 14.7. The van der Waals surface area contributed by atoms with E-state index in [1.807, 2.05) is 0 Å². The van der Waals surface area contributed by atoms with Gasteiger partial charge >= 0.3 is 0 Å². The lowest BCUT2D eigenvalue weighted by Gasteiger charge is -1.88. The molecule has 2 aromatic rings. The van der Waals surface area contributed by atoms with Crippen molar-refractivity contribution in [2.24, 2.45) is 0 Å². The number of hydrogen-bond donors (Lipinski definition) is 1. The van der Waals surface area contributed by atoms with Gasteiger partial charge in [0.15, 0.2) is 0 Å². The Labute approximate surface area is 69.8 Å². The summed E-state index contributed by atoms with van der Waals surface area (Å²) in [5, 5.41) is 0.445. The van der Waals surface area contributed by atoms with Crippen molar-refractivity contribution < 1.29 is 4.11 Å². The molecular formula is C6H4BrN3. The number of fused-ring (bicyclic) bond motifs is 1. The topological polar surface area (TPSA) is 41.6 Å². The molecule has 0 bridgehead atoms. The lowest BCUT2D eigenvalue weighted by molar-refractivity contribution is 1.18. The van der Waals surface area contributed by atoms with Crippen LogP contribution in [0.5, 0.6) is 0 Å². The third-order valence-corrected chi connectivity index (χ3v) is 1.70. The molecule has 3 nitrogen and oxygen atoms in total. The monoisotopic (exact) mass is 200 g/mol. The van der Waals surface area contributed by atoms with Crippen LogP contribution in [0.4, 0.5) is 0 Å². The van der Waals surface area contributed by atoms with Crippen LogP contribution < -0.4 is 0 Å². The second-order valence-corrected chi connectivity index (χ2v) is 2.46. The first-order valence-corrected chi connectivity index (χ1v) is 3.38. The van der Waals surface area contributed by atoms with Crippen LogP contribution in [0.15, 0.2) is 23.1 Å². The Kier molecular flexibility index (Phi) is 0.715. The van der Waals surface area contributed by atoms with Gasteiger partial charge in [-0.1, -0.05) is 0 Å². The van der Waals surface area contributed by atoms with E-state index < -0.39 is 0 Å². The van der Waals surface area contributed by atoms with Gasteiger partial charge in [0.1, 0.15) is 17.9 Å². The molecular weight excluding hydrogens is 194 g/mol. The largest absolute Gasteiger partial charge is 0.346 e. The fourth-order valence-corrected chi connectivity index (χ4v) is 1.05. The molecule has 10 heavy (non-hydrogen) atoms. The van der Waals surface area contributed by atoms with E-state index in [-0.39, 0.29) is 18.5 Å². The molecule has 2 rings (SSSR count). The van der Waals surface area contributed by atoms with Crippen LogP contribution in [0.1, 0.15) is 4.11 Å². The van der Waals surface area contributed by atoms with Crippen molar-refractivity contribution >= 4 is 27.0 Å². The summed E-state index contributed by atoms with van der Waals surface area (Å²) in [4.78, 5) is 10.1. The van der Waals surface area contributed by atoms with Crippen molar-refractivity contribution in [1.82, 2.24) is 15.0 Å². The zero-order valence-corrected chi connectivity index (χ0v) is 6.36. The molecule has 0 aliphatic heterocycles. The van der Waals surface area contributed by atoms with E-state index in [0.717, 1.165) is 0 Å². The summed E-state index contributed by atoms with van der Waals surface area (Å²) in [6, 6.07) is 0.0434. The van der Waals surface area contributed by atoms with Crippen molar-refractivity contribution in [2.45, 2.75) is 0 Å². The fraction of sp³-hybridized carbons (Fsp3) is 0. The van der Waals surface area contributed by atoms with Gasteiger partial charge in [-0.3, -0.25) is 0 Å². The third-order valence-electron chi connectivity index (χ3n) is 1.12. The Morgan fingerprint density at radius 3 is 3.40 bits per heavy atom. The quantitative estimate of drug-likeness (QED) is 0.659. The predicted molar refractivity (Wildman–Crippen MR) is 41.6 cm³/mol. The van der Waals surface area contributed by atoms with Crippen LogP contribution in [0, 0.1) is 0 Å². The van der Waals surface area contributed by atoms with Crippen molar-refractivity contribution in [3.8, 4) is 0 Å². The van der Waals surface area contributed by atoms with E-state index in [4.69, 9.17) is 4.11 Å². The molecule has 50 valence electrons. The number of nitrogens with zero attached hydrogens (tertiary/aromatic N) is 2. The number of nitrogens with one attached hydrogen (secondary N) is 1. The summed E-state index contributed by atoms with van der Waals surface area (Å²) < 4.78 is 22.4.